The van der Waals surface area contributed by atoms with Crippen molar-refractivity contribution in [2.45, 2.75) is 19.2 Å². The van der Waals surface area contributed by atoms with Gasteiger partial charge in [-0.3, -0.25) is 4.79 Å². The minimum atomic E-state index is -4.40. The minimum absolute atomic E-state index is 0.207. The molecule has 6 heteroatoms. The SMILES string of the molecule is CC(O)C(=O)Nc1ccc(C(F)(F)F)cc1. The molecule has 1 amide bonds. The number of hydrogen-bond donors (Lipinski definition) is 2. The van der Waals surface area contributed by atoms with Crippen LogP contribution in [0.2, 0.25) is 0 Å². The maximum absolute atomic E-state index is 12.2. The highest BCUT2D eigenvalue weighted by Gasteiger charge is 2.29. The van der Waals surface area contributed by atoms with Gasteiger partial charge in [0.25, 0.3) is 5.91 Å². The van der Waals surface area contributed by atoms with Gasteiger partial charge in [-0.25, -0.2) is 0 Å². The van der Waals surface area contributed by atoms with E-state index < -0.39 is 23.8 Å². The second-order valence-corrected chi connectivity index (χ2v) is 3.24. The minimum Gasteiger partial charge on any atom is -0.384 e. The Kier molecular flexibility index (Phi) is 3.54. The Morgan fingerprint density at radius 1 is 1.31 bits per heavy atom. The molecule has 1 unspecified atom stereocenters. The number of benzene rings is 1. The number of aliphatic hydroxyl groups is 1. The van der Waals surface area contributed by atoms with E-state index in [0.717, 1.165) is 24.3 Å². The summed E-state index contributed by atoms with van der Waals surface area (Å²) in [5.41, 5.74) is -0.582. The van der Waals surface area contributed by atoms with Crippen LogP contribution in [0.15, 0.2) is 24.3 Å². The molecule has 1 rings (SSSR count). The molecule has 0 aliphatic rings. The Balaban J connectivity index is 2.76. The Hall–Kier alpha value is -1.56. The quantitative estimate of drug-likeness (QED) is 0.821. The highest BCUT2D eigenvalue weighted by Crippen LogP contribution is 2.29. The van der Waals surface area contributed by atoms with Crippen LogP contribution in [0.3, 0.4) is 0 Å². The van der Waals surface area contributed by atoms with Gasteiger partial charge in [0.2, 0.25) is 0 Å². The monoisotopic (exact) mass is 233 g/mol. The van der Waals surface area contributed by atoms with Gasteiger partial charge in [0, 0.05) is 5.69 Å². The van der Waals surface area contributed by atoms with Gasteiger partial charge >= 0.3 is 6.18 Å². The summed E-state index contributed by atoms with van der Waals surface area (Å²) in [4.78, 5) is 11.0. The fourth-order valence-corrected chi connectivity index (χ4v) is 0.989. The number of hydrogen-bond acceptors (Lipinski definition) is 2. The normalized spacial score (nSPS) is 13.3. The van der Waals surface area contributed by atoms with E-state index in [-0.39, 0.29) is 5.69 Å². The third-order valence-corrected chi connectivity index (χ3v) is 1.86. The first-order valence-corrected chi connectivity index (χ1v) is 4.47. The van der Waals surface area contributed by atoms with Crippen molar-refractivity contribution in [3.8, 4) is 0 Å². The van der Waals surface area contributed by atoms with E-state index in [4.69, 9.17) is 5.11 Å². The molecular weight excluding hydrogens is 223 g/mol. The van der Waals surface area contributed by atoms with Crippen LogP contribution in [0.1, 0.15) is 12.5 Å². The summed E-state index contributed by atoms with van der Waals surface area (Å²) in [6, 6.07) is 3.97. The molecule has 1 atom stereocenters. The van der Waals surface area contributed by atoms with E-state index in [1.807, 2.05) is 0 Å². The van der Waals surface area contributed by atoms with Gasteiger partial charge < -0.3 is 10.4 Å². The number of aliphatic hydroxyl groups excluding tert-OH is 1. The highest BCUT2D eigenvalue weighted by molar-refractivity contribution is 5.93. The Bertz CT molecular complexity index is 371. The molecule has 2 N–H and O–H groups in total. The average Bonchev–Trinajstić information content (AvgIpc) is 2.17. The van der Waals surface area contributed by atoms with E-state index in [1.165, 1.54) is 6.92 Å². The smallest absolute Gasteiger partial charge is 0.384 e. The van der Waals surface area contributed by atoms with Crippen molar-refractivity contribution < 1.29 is 23.1 Å². The maximum atomic E-state index is 12.2. The zero-order valence-electron chi connectivity index (χ0n) is 8.38. The second kappa shape index (κ2) is 4.52. The number of rotatable bonds is 2. The molecular formula is C10H10F3NO2. The third-order valence-electron chi connectivity index (χ3n) is 1.86. The van der Waals surface area contributed by atoms with Crippen LogP contribution in [-0.2, 0) is 11.0 Å². The van der Waals surface area contributed by atoms with Gasteiger partial charge in [-0.2, -0.15) is 13.2 Å². The Morgan fingerprint density at radius 2 is 1.81 bits per heavy atom. The zero-order chi connectivity index (χ0) is 12.3. The number of carbonyl (C=O) groups is 1. The third kappa shape index (κ3) is 3.23. The van der Waals surface area contributed by atoms with E-state index in [9.17, 15) is 18.0 Å². The molecule has 1 aromatic rings. The van der Waals surface area contributed by atoms with E-state index >= 15 is 0 Å². The molecule has 0 spiro atoms. The molecule has 0 heterocycles. The van der Waals surface area contributed by atoms with Gasteiger partial charge in [-0.15, -0.1) is 0 Å². The number of anilines is 1. The lowest BCUT2D eigenvalue weighted by Gasteiger charge is -2.09. The first kappa shape index (κ1) is 12.5. The second-order valence-electron chi connectivity index (χ2n) is 3.24. The van der Waals surface area contributed by atoms with Crippen LogP contribution >= 0.6 is 0 Å². The maximum Gasteiger partial charge on any atom is 0.416 e. The lowest BCUT2D eigenvalue weighted by molar-refractivity contribution is -0.137. The van der Waals surface area contributed by atoms with Crippen molar-refractivity contribution in [3.05, 3.63) is 29.8 Å². The number of amides is 1. The molecule has 0 aromatic heterocycles. The van der Waals surface area contributed by atoms with Crippen LogP contribution < -0.4 is 5.32 Å². The lowest BCUT2D eigenvalue weighted by atomic mass is 10.2. The van der Waals surface area contributed by atoms with Crippen molar-refractivity contribution in [2.24, 2.45) is 0 Å². The van der Waals surface area contributed by atoms with Gasteiger partial charge in [0.05, 0.1) is 5.56 Å². The average molecular weight is 233 g/mol. The van der Waals surface area contributed by atoms with Crippen LogP contribution in [0.5, 0.6) is 0 Å². The first-order valence-electron chi connectivity index (χ1n) is 4.47. The molecule has 0 fully saturated rings. The van der Waals surface area contributed by atoms with Crippen molar-refractivity contribution in [3.63, 3.8) is 0 Å². The van der Waals surface area contributed by atoms with Gasteiger partial charge in [-0.05, 0) is 31.2 Å². The number of nitrogens with one attached hydrogen (secondary N) is 1. The summed E-state index contributed by atoms with van der Waals surface area (Å²) in [7, 11) is 0. The molecule has 0 saturated carbocycles. The number of halogens is 3. The number of alkyl halides is 3. The Morgan fingerprint density at radius 3 is 2.19 bits per heavy atom. The summed E-state index contributed by atoms with van der Waals surface area (Å²) in [5.74, 6) is -0.667. The molecule has 0 bridgehead atoms. The standard InChI is InChI=1S/C10H10F3NO2/c1-6(15)9(16)14-8-4-2-7(3-5-8)10(11,12)13/h2-6,15H,1H3,(H,14,16). The fraction of sp³-hybridized carbons (Fsp3) is 0.300. The van der Waals surface area contributed by atoms with Crippen molar-refractivity contribution in [1.82, 2.24) is 0 Å². The highest BCUT2D eigenvalue weighted by atomic mass is 19.4. The molecule has 3 nitrogen and oxygen atoms in total. The topological polar surface area (TPSA) is 49.3 Å². The van der Waals surface area contributed by atoms with Crippen molar-refractivity contribution in [2.75, 3.05) is 5.32 Å². The van der Waals surface area contributed by atoms with Crippen LogP contribution in [-0.4, -0.2) is 17.1 Å². The van der Waals surface area contributed by atoms with Crippen molar-refractivity contribution >= 4 is 11.6 Å². The van der Waals surface area contributed by atoms with Crippen molar-refractivity contribution in [1.29, 1.82) is 0 Å². The number of carbonyl (C=O) groups excluding carboxylic acids is 1. The summed E-state index contributed by atoms with van der Waals surface area (Å²) < 4.78 is 36.5. The van der Waals surface area contributed by atoms with E-state index in [0.29, 0.717) is 0 Å². The first-order chi connectivity index (χ1) is 7.30. The van der Waals surface area contributed by atoms with Gasteiger partial charge in [0.1, 0.15) is 6.10 Å². The largest absolute Gasteiger partial charge is 0.416 e. The van der Waals surface area contributed by atoms with E-state index in [2.05, 4.69) is 5.32 Å². The molecule has 16 heavy (non-hydrogen) atoms. The van der Waals surface area contributed by atoms with Crippen LogP contribution in [0.25, 0.3) is 0 Å². The Labute approximate surface area is 89.9 Å². The fourth-order valence-electron chi connectivity index (χ4n) is 0.989. The predicted octanol–water partition coefficient (Wildman–Crippen LogP) is 2.02. The molecule has 0 aliphatic heterocycles. The predicted molar refractivity (Wildman–Crippen MR) is 51.8 cm³/mol. The summed E-state index contributed by atoms with van der Waals surface area (Å²) in [6.45, 7) is 1.26. The molecule has 0 saturated heterocycles. The summed E-state index contributed by atoms with van der Waals surface area (Å²) in [6.07, 6.45) is -5.60. The molecule has 88 valence electrons. The van der Waals surface area contributed by atoms with E-state index in [1.54, 1.807) is 0 Å². The summed E-state index contributed by atoms with van der Waals surface area (Å²) in [5, 5.41) is 11.1. The molecule has 0 radical (unpaired) electrons. The van der Waals surface area contributed by atoms with Crippen LogP contribution in [0.4, 0.5) is 18.9 Å². The molecule has 0 aliphatic carbocycles. The lowest BCUT2D eigenvalue weighted by Crippen LogP contribution is -2.24. The molecule has 1 aromatic carbocycles. The van der Waals surface area contributed by atoms with Gasteiger partial charge in [0.15, 0.2) is 0 Å². The zero-order valence-corrected chi connectivity index (χ0v) is 8.38. The van der Waals surface area contributed by atoms with Crippen LogP contribution in [0, 0.1) is 0 Å². The summed E-state index contributed by atoms with van der Waals surface area (Å²) >= 11 is 0. The van der Waals surface area contributed by atoms with Gasteiger partial charge in [-0.1, -0.05) is 0 Å².